The van der Waals surface area contributed by atoms with Gasteiger partial charge in [-0.15, -0.1) is 0 Å². The number of aromatic carboxylic acids is 1. The summed E-state index contributed by atoms with van der Waals surface area (Å²) < 4.78 is 5.65. The first kappa shape index (κ1) is 8.25. The Morgan fingerprint density at radius 1 is 1.54 bits per heavy atom. The highest BCUT2D eigenvalue weighted by Gasteiger charge is 2.12. The molecule has 0 aliphatic rings. The van der Waals surface area contributed by atoms with E-state index in [2.05, 4.69) is 20.9 Å². The molecule has 1 heterocycles. The number of carboxylic acids is 1. The van der Waals surface area contributed by atoms with Crippen molar-refractivity contribution in [2.45, 2.75) is 0 Å². The molecule has 0 fully saturated rings. The predicted molar refractivity (Wildman–Crippen MR) is 48.7 cm³/mol. The molecule has 0 unspecified atom stereocenters. The minimum atomic E-state index is -1.01. The SMILES string of the molecule is O=C(O)c1cc(Br)cc2ocnc12. The lowest BCUT2D eigenvalue weighted by Gasteiger charge is -1.95. The molecule has 13 heavy (non-hydrogen) atoms. The lowest BCUT2D eigenvalue weighted by atomic mass is 10.2. The van der Waals surface area contributed by atoms with Gasteiger partial charge in [-0.3, -0.25) is 0 Å². The van der Waals surface area contributed by atoms with Crippen LogP contribution in [0, 0.1) is 0 Å². The van der Waals surface area contributed by atoms with Crippen molar-refractivity contribution in [1.29, 1.82) is 0 Å². The zero-order valence-electron chi connectivity index (χ0n) is 6.32. The Balaban J connectivity index is 2.84. The average molecular weight is 242 g/mol. The van der Waals surface area contributed by atoms with Crippen LogP contribution in [0.3, 0.4) is 0 Å². The fraction of sp³-hybridized carbons (Fsp3) is 0. The monoisotopic (exact) mass is 241 g/mol. The average Bonchev–Trinajstić information content (AvgIpc) is 2.49. The summed E-state index contributed by atoms with van der Waals surface area (Å²) >= 11 is 3.19. The number of carboxylic acid groups (broad SMARTS) is 1. The Labute approximate surface area is 81.3 Å². The second-order valence-electron chi connectivity index (χ2n) is 2.46. The summed E-state index contributed by atoms with van der Waals surface area (Å²) in [5.41, 5.74) is 0.973. The molecule has 0 saturated carbocycles. The highest BCUT2D eigenvalue weighted by atomic mass is 79.9. The number of halogens is 1. The zero-order valence-corrected chi connectivity index (χ0v) is 7.91. The fourth-order valence-electron chi connectivity index (χ4n) is 1.10. The van der Waals surface area contributed by atoms with Crippen molar-refractivity contribution < 1.29 is 14.3 Å². The molecule has 0 amide bonds. The first-order valence-electron chi connectivity index (χ1n) is 3.44. The third-order valence-electron chi connectivity index (χ3n) is 1.63. The molecule has 2 aromatic rings. The molecule has 66 valence electrons. The van der Waals surface area contributed by atoms with Crippen molar-refractivity contribution >= 4 is 33.0 Å². The molecule has 0 saturated heterocycles. The van der Waals surface area contributed by atoms with Crippen LogP contribution in [-0.2, 0) is 0 Å². The number of fused-ring (bicyclic) bond motifs is 1. The molecule has 1 aromatic heterocycles. The minimum Gasteiger partial charge on any atom is -0.478 e. The number of benzene rings is 1. The summed E-state index contributed by atoms with van der Waals surface area (Å²) in [4.78, 5) is 14.6. The molecular weight excluding hydrogens is 238 g/mol. The van der Waals surface area contributed by atoms with E-state index in [1.165, 1.54) is 12.5 Å². The van der Waals surface area contributed by atoms with Crippen molar-refractivity contribution in [3.05, 3.63) is 28.6 Å². The van der Waals surface area contributed by atoms with Gasteiger partial charge >= 0.3 is 5.97 Å². The second-order valence-corrected chi connectivity index (χ2v) is 3.37. The summed E-state index contributed by atoms with van der Waals surface area (Å²) in [5.74, 6) is -1.01. The predicted octanol–water partition coefficient (Wildman–Crippen LogP) is 2.29. The van der Waals surface area contributed by atoms with Gasteiger partial charge in [-0.05, 0) is 12.1 Å². The number of carbonyl (C=O) groups is 1. The van der Waals surface area contributed by atoms with Gasteiger partial charge < -0.3 is 9.52 Å². The standard InChI is InChI=1S/C8H4BrNO3/c9-4-1-5(8(11)12)7-6(2-4)13-3-10-7/h1-3H,(H,11,12). The first-order valence-corrected chi connectivity index (χ1v) is 4.24. The van der Waals surface area contributed by atoms with Crippen molar-refractivity contribution in [2.75, 3.05) is 0 Å². The maximum Gasteiger partial charge on any atom is 0.338 e. The van der Waals surface area contributed by atoms with Crippen LogP contribution in [0.5, 0.6) is 0 Å². The zero-order chi connectivity index (χ0) is 9.42. The lowest BCUT2D eigenvalue weighted by molar-refractivity contribution is 0.0698. The van der Waals surface area contributed by atoms with Gasteiger partial charge in [-0.25, -0.2) is 9.78 Å². The van der Waals surface area contributed by atoms with Crippen LogP contribution in [0.15, 0.2) is 27.4 Å². The molecule has 0 aliphatic heterocycles. The maximum atomic E-state index is 10.8. The van der Waals surface area contributed by atoms with Crippen LogP contribution in [-0.4, -0.2) is 16.1 Å². The third kappa shape index (κ3) is 1.31. The molecule has 0 radical (unpaired) electrons. The highest BCUT2D eigenvalue weighted by molar-refractivity contribution is 9.10. The largest absolute Gasteiger partial charge is 0.478 e. The quantitative estimate of drug-likeness (QED) is 0.833. The van der Waals surface area contributed by atoms with Gasteiger partial charge in [0, 0.05) is 4.47 Å². The summed E-state index contributed by atoms with van der Waals surface area (Å²) in [7, 11) is 0. The Morgan fingerprint density at radius 2 is 2.31 bits per heavy atom. The summed E-state index contributed by atoms with van der Waals surface area (Å²) in [6.07, 6.45) is 1.23. The van der Waals surface area contributed by atoms with Gasteiger partial charge in [-0.1, -0.05) is 15.9 Å². The van der Waals surface area contributed by atoms with Gasteiger partial charge in [0.2, 0.25) is 0 Å². The molecule has 1 aromatic carbocycles. The lowest BCUT2D eigenvalue weighted by Crippen LogP contribution is -1.97. The Morgan fingerprint density at radius 3 is 3.00 bits per heavy atom. The summed E-state index contributed by atoms with van der Waals surface area (Å²) in [6, 6.07) is 3.17. The van der Waals surface area contributed by atoms with E-state index < -0.39 is 5.97 Å². The molecule has 4 nitrogen and oxygen atoms in total. The van der Waals surface area contributed by atoms with Gasteiger partial charge in [0.25, 0.3) is 0 Å². The van der Waals surface area contributed by atoms with Crippen LogP contribution in [0.4, 0.5) is 0 Å². The first-order chi connectivity index (χ1) is 6.18. The van der Waals surface area contributed by atoms with E-state index in [-0.39, 0.29) is 5.56 Å². The van der Waals surface area contributed by atoms with E-state index in [1.54, 1.807) is 6.07 Å². The number of rotatable bonds is 1. The number of hydrogen-bond donors (Lipinski definition) is 1. The second kappa shape index (κ2) is 2.85. The van der Waals surface area contributed by atoms with E-state index in [0.29, 0.717) is 15.6 Å². The molecule has 0 spiro atoms. The Bertz CT molecular complexity index is 477. The van der Waals surface area contributed by atoms with Crippen molar-refractivity contribution in [3.8, 4) is 0 Å². The van der Waals surface area contributed by atoms with Crippen LogP contribution in [0.1, 0.15) is 10.4 Å². The fourth-order valence-corrected chi connectivity index (χ4v) is 1.53. The van der Waals surface area contributed by atoms with E-state index in [9.17, 15) is 4.79 Å². The van der Waals surface area contributed by atoms with Gasteiger partial charge in [0.05, 0.1) is 5.56 Å². The van der Waals surface area contributed by atoms with E-state index in [0.717, 1.165) is 0 Å². The van der Waals surface area contributed by atoms with Gasteiger partial charge in [0.1, 0.15) is 5.52 Å². The van der Waals surface area contributed by atoms with Crippen LogP contribution in [0.2, 0.25) is 0 Å². The molecule has 1 N–H and O–H groups in total. The Kier molecular flexibility index (Phi) is 1.81. The smallest absolute Gasteiger partial charge is 0.338 e. The highest BCUT2D eigenvalue weighted by Crippen LogP contribution is 2.23. The van der Waals surface area contributed by atoms with Gasteiger partial charge in [0.15, 0.2) is 12.0 Å². The van der Waals surface area contributed by atoms with Crippen LogP contribution >= 0.6 is 15.9 Å². The number of oxazole rings is 1. The van der Waals surface area contributed by atoms with E-state index >= 15 is 0 Å². The molecule has 0 atom stereocenters. The number of hydrogen-bond acceptors (Lipinski definition) is 3. The minimum absolute atomic E-state index is 0.137. The maximum absolute atomic E-state index is 10.8. The van der Waals surface area contributed by atoms with Gasteiger partial charge in [-0.2, -0.15) is 0 Å². The van der Waals surface area contributed by atoms with Crippen molar-refractivity contribution in [3.63, 3.8) is 0 Å². The normalized spacial score (nSPS) is 10.5. The van der Waals surface area contributed by atoms with E-state index in [4.69, 9.17) is 9.52 Å². The molecule has 5 heteroatoms. The van der Waals surface area contributed by atoms with E-state index in [1.807, 2.05) is 0 Å². The molecule has 0 aliphatic carbocycles. The van der Waals surface area contributed by atoms with Crippen LogP contribution in [0.25, 0.3) is 11.1 Å². The van der Waals surface area contributed by atoms with Crippen molar-refractivity contribution in [1.82, 2.24) is 4.98 Å². The number of aromatic nitrogens is 1. The molecular formula is C8H4BrNO3. The third-order valence-corrected chi connectivity index (χ3v) is 2.09. The molecule has 2 rings (SSSR count). The topological polar surface area (TPSA) is 63.3 Å². The van der Waals surface area contributed by atoms with Crippen molar-refractivity contribution in [2.24, 2.45) is 0 Å². The number of nitrogens with zero attached hydrogens (tertiary/aromatic N) is 1. The summed E-state index contributed by atoms with van der Waals surface area (Å²) in [6.45, 7) is 0. The van der Waals surface area contributed by atoms with Crippen LogP contribution < -0.4 is 0 Å². The Hall–Kier alpha value is -1.36. The molecule has 0 bridgehead atoms. The summed E-state index contributed by atoms with van der Waals surface area (Å²) in [5, 5.41) is 8.82.